The van der Waals surface area contributed by atoms with Gasteiger partial charge in [0.25, 0.3) is 0 Å². The zero-order valence-electron chi connectivity index (χ0n) is 40.5. The number of hydrogen-bond acceptors (Lipinski definition) is 17. The number of ketones is 1. The Balaban J connectivity index is 0.938. The lowest BCUT2D eigenvalue weighted by molar-refractivity contribution is -0.383. The van der Waals surface area contributed by atoms with Crippen molar-refractivity contribution in [2.24, 2.45) is 58.2 Å². The van der Waals surface area contributed by atoms with Gasteiger partial charge in [-0.1, -0.05) is 41.5 Å². The molecule has 4 aliphatic carbocycles. The summed E-state index contributed by atoms with van der Waals surface area (Å²) in [7, 11) is 0. The van der Waals surface area contributed by atoms with E-state index in [0.717, 1.165) is 44.9 Å². The zero-order chi connectivity index (χ0) is 48.9. The topological polar surface area (TPSA) is 284 Å². The van der Waals surface area contributed by atoms with E-state index in [2.05, 4.69) is 26.1 Å². The monoisotopic (exact) mass is 958 g/mol. The number of carbonyl (C=O) groups excluding carboxylic acids is 2. The van der Waals surface area contributed by atoms with E-state index in [-0.39, 0.29) is 52.3 Å². The van der Waals surface area contributed by atoms with Gasteiger partial charge in [-0.05, 0) is 117 Å². The number of aliphatic hydroxyl groups excluding tert-OH is 9. The number of fused-ring (bicyclic) bond motifs is 5. The van der Waals surface area contributed by atoms with Crippen molar-refractivity contribution in [3.63, 3.8) is 0 Å². The van der Waals surface area contributed by atoms with Crippen molar-refractivity contribution in [3.8, 4) is 0 Å². The Morgan fingerprint density at radius 1 is 0.731 bits per heavy atom. The standard InChI is InChI=1S/C49H83NO17/c1-8-23(3)44(61)50-19-22(2)9-12-31(52)24(4)35-32(53)18-30-28-11-10-26-17-27(13-15-48(26,6)29(28)14-16-49(30,35)7)64-46-41(60)39(58)42(34(20-51)65-46)66-47-43(38(57)36(55)25(5)63-47)67-45-40(59)37(56)33(54)21-62-45/h22-30,32-43,45-47,51,53-60H,8-21H2,1-7H3,(H,50,61)/t22-,23-,24-,25+,26+,27+,28-,29+,30+,32-,33-,34-,35+,36+,37+,38-,39+,40-,41-,42-,43-,45+,46-,47+,48+,49+/m1/s1. The van der Waals surface area contributed by atoms with E-state index >= 15 is 0 Å². The SMILES string of the molecule is CC[C@@H](C)C(=O)NC[C@H](C)CCC(=O)[C@@H](C)[C@H]1[C@H](O)C[C@H]2[C@@H]3CC[C@H]4C[C@@H](O[C@@H]5O[C@H](CO)[C@@H](O[C@@H]6O[C@@H](C)[C@H](O)[C@@H](O)[C@H]6O[C@@H]6OC[C@@H](O)[C@H](O)[C@H]6O)[C@@H](O)[C@H]5O)CC[C@]4(C)[C@H]3CC[C@]12C. The molecular weight excluding hydrogens is 875 g/mol. The zero-order valence-corrected chi connectivity index (χ0v) is 40.5. The molecule has 0 unspecified atom stereocenters. The maximum atomic E-state index is 13.8. The molecule has 7 fully saturated rings. The van der Waals surface area contributed by atoms with Crippen LogP contribution in [0.2, 0.25) is 0 Å². The molecule has 3 saturated heterocycles. The molecule has 10 N–H and O–H groups in total. The van der Waals surface area contributed by atoms with E-state index in [1.54, 1.807) is 0 Å². The average Bonchev–Trinajstić information content (AvgIpc) is 3.58. The third kappa shape index (κ3) is 10.6. The first-order valence-electron chi connectivity index (χ1n) is 25.4. The summed E-state index contributed by atoms with van der Waals surface area (Å²) >= 11 is 0. The first-order chi connectivity index (χ1) is 31.6. The van der Waals surface area contributed by atoms with E-state index in [1.165, 1.54) is 6.92 Å². The summed E-state index contributed by atoms with van der Waals surface area (Å²) in [6.45, 7) is 13.7. The van der Waals surface area contributed by atoms with Crippen molar-refractivity contribution in [1.29, 1.82) is 0 Å². The van der Waals surface area contributed by atoms with E-state index in [1.807, 2.05) is 20.8 Å². The quantitative estimate of drug-likeness (QED) is 0.0963. The number of nitrogens with one attached hydrogen (secondary N) is 1. The number of carbonyl (C=O) groups is 2. The maximum Gasteiger partial charge on any atom is 0.222 e. The smallest absolute Gasteiger partial charge is 0.222 e. The molecule has 18 nitrogen and oxygen atoms in total. The van der Waals surface area contributed by atoms with Gasteiger partial charge in [-0.15, -0.1) is 0 Å². The lowest BCUT2D eigenvalue weighted by Crippen LogP contribution is -2.66. The van der Waals surface area contributed by atoms with Crippen LogP contribution in [-0.4, -0.2) is 176 Å². The molecule has 0 aromatic rings. The first-order valence-corrected chi connectivity index (χ1v) is 25.4. The molecule has 3 aliphatic heterocycles. The van der Waals surface area contributed by atoms with Crippen LogP contribution in [0.3, 0.4) is 0 Å². The summed E-state index contributed by atoms with van der Waals surface area (Å²) in [6, 6.07) is 0. The Kier molecular flexibility index (Phi) is 17.3. The summed E-state index contributed by atoms with van der Waals surface area (Å²) in [5, 5.41) is 100. The normalized spacial score (nSPS) is 49.2. The van der Waals surface area contributed by atoms with Crippen LogP contribution in [-0.2, 0) is 38.0 Å². The minimum absolute atomic E-state index is 0.0255. The molecule has 0 aromatic heterocycles. The molecule has 0 aromatic carbocycles. The number of amides is 1. The molecule has 4 saturated carbocycles. The van der Waals surface area contributed by atoms with Gasteiger partial charge in [0.05, 0.1) is 31.5 Å². The van der Waals surface area contributed by atoms with Gasteiger partial charge in [-0.25, -0.2) is 0 Å². The fraction of sp³-hybridized carbons (Fsp3) is 0.959. The Labute approximate surface area is 395 Å². The highest BCUT2D eigenvalue weighted by Crippen LogP contribution is 2.68. The van der Waals surface area contributed by atoms with Crippen LogP contribution in [0.15, 0.2) is 0 Å². The molecule has 7 aliphatic rings. The van der Waals surface area contributed by atoms with E-state index < -0.39 is 105 Å². The largest absolute Gasteiger partial charge is 0.394 e. The van der Waals surface area contributed by atoms with Crippen molar-refractivity contribution in [1.82, 2.24) is 5.32 Å². The minimum Gasteiger partial charge on any atom is -0.394 e. The van der Waals surface area contributed by atoms with Crippen molar-refractivity contribution < 1.29 is 84.0 Å². The molecule has 0 spiro atoms. The number of ether oxygens (including phenoxy) is 6. The van der Waals surface area contributed by atoms with Crippen LogP contribution in [0.1, 0.15) is 119 Å². The molecule has 7 rings (SSSR count). The Bertz CT molecular complexity index is 1660. The molecular formula is C49H83NO17. The second-order valence-corrected chi connectivity index (χ2v) is 22.4. The van der Waals surface area contributed by atoms with Crippen LogP contribution in [0.4, 0.5) is 0 Å². The fourth-order valence-electron chi connectivity index (χ4n) is 13.8. The summed E-state index contributed by atoms with van der Waals surface area (Å²) in [6.07, 6.45) is -12.8. The lowest BCUT2D eigenvalue weighted by Gasteiger charge is -2.61. The van der Waals surface area contributed by atoms with Crippen LogP contribution in [0.25, 0.3) is 0 Å². The van der Waals surface area contributed by atoms with Gasteiger partial charge in [-0.3, -0.25) is 9.59 Å². The molecule has 0 bridgehead atoms. The summed E-state index contributed by atoms with van der Waals surface area (Å²) in [4.78, 5) is 26.1. The number of Topliss-reactive ketones (excluding diaryl/α,β-unsaturated/α-hetero) is 1. The number of hydrogen-bond donors (Lipinski definition) is 10. The highest BCUT2D eigenvalue weighted by molar-refractivity contribution is 5.81. The Morgan fingerprint density at radius 3 is 2.10 bits per heavy atom. The van der Waals surface area contributed by atoms with Crippen LogP contribution >= 0.6 is 0 Å². The first kappa shape index (κ1) is 53.3. The van der Waals surface area contributed by atoms with Gasteiger partial charge in [-0.2, -0.15) is 0 Å². The average molecular weight is 958 g/mol. The van der Waals surface area contributed by atoms with Crippen molar-refractivity contribution in [2.45, 2.75) is 217 Å². The van der Waals surface area contributed by atoms with Crippen molar-refractivity contribution in [3.05, 3.63) is 0 Å². The van der Waals surface area contributed by atoms with E-state index in [9.17, 15) is 55.5 Å². The summed E-state index contributed by atoms with van der Waals surface area (Å²) in [5.41, 5.74) is -0.121. The highest BCUT2D eigenvalue weighted by atomic mass is 16.8. The fourth-order valence-corrected chi connectivity index (χ4v) is 13.8. The third-order valence-corrected chi connectivity index (χ3v) is 18.3. The van der Waals surface area contributed by atoms with Crippen LogP contribution < -0.4 is 5.32 Å². The predicted octanol–water partition coefficient (Wildman–Crippen LogP) is 0.900. The minimum atomic E-state index is -1.73. The molecule has 386 valence electrons. The van der Waals surface area contributed by atoms with Crippen LogP contribution in [0, 0.1) is 58.2 Å². The second-order valence-electron chi connectivity index (χ2n) is 22.4. The summed E-state index contributed by atoms with van der Waals surface area (Å²) in [5.74, 6) is 1.54. The number of aliphatic hydroxyl groups is 9. The van der Waals surface area contributed by atoms with Crippen molar-refractivity contribution in [2.75, 3.05) is 19.8 Å². The van der Waals surface area contributed by atoms with Crippen molar-refractivity contribution >= 4 is 11.7 Å². The van der Waals surface area contributed by atoms with Gasteiger partial charge >= 0.3 is 0 Å². The van der Waals surface area contributed by atoms with Gasteiger partial charge in [0.1, 0.15) is 66.8 Å². The van der Waals surface area contributed by atoms with E-state index in [0.29, 0.717) is 55.9 Å². The number of rotatable bonds is 16. The predicted molar refractivity (Wildman–Crippen MR) is 238 cm³/mol. The molecule has 18 heteroatoms. The van der Waals surface area contributed by atoms with Gasteiger partial charge < -0.3 is 79.7 Å². The Hall–Kier alpha value is -1.46. The molecule has 3 heterocycles. The molecule has 26 atom stereocenters. The summed E-state index contributed by atoms with van der Waals surface area (Å²) < 4.78 is 35.5. The maximum absolute atomic E-state index is 13.8. The highest BCUT2D eigenvalue weighted by Gasteiger charge is 2.64. The second kappa shape index (κ2) is 21.7. The third-order valence-electron chi connectivity index (χ3n) is 18.3. The lowest BCUT2D eigenvalue weighted by atomic mass is 9.44. The molecule has 0 radical (unpaired) electrons. The molecule has 1 amide bonds. The Morgan fingerprint density at radius 2 is 1.40 bits per heavy atom. The van der Waals surface area contributed by atoms with Crippen LogP contribution in [0.5, 0.6) is 0 Å². The molecule has 67 heavy (non-hydrogen) atoms. The van der Waals surface area contributed by atoms with Gasteiger partial charge in [0.2, 0.25) is 5.91 Å². The van der Waals surface area contributed by atoms with Gasteiger partial charge in [0, 0.05) is 24.8 Å². The van der Waals surface area contributed by atoms with Gasteiger partial charge in [0.15, 0.2) is 18.9 Å². The van der Waals surface area contributed by atoms with E-state index in [4.69, 9.17) is 28.4 Å².